The van der Waals surface area contributed by atoms with Crippen LogP contribution in [-0.4, -0.2) is 16.9 Å². The summed E-state index contributed by atoms with van der Waals surface area (Å²) in [6.45, 7) is 0. The molecule has 4 N–H and O–H groups in total. The lowest BCUT2D eigenvalue weighted by Gasteiger charge is -2.11. The number of nitrogens with two attached hydrogens (primary N) is 1. The number of nitrogens with one attached hydrogen (secondary N) is 2. The summed E-state index contributed by atoms with van der Waals surface area (Å²) in [4.78, 5) is 25.0. The number of aryl methyl sites for hydroxylation is 1. The molecule has 140 valence electrons. The van der Waals surface area contributed by atoms with Crippen molar-refractivity contribution < 1.29 is 14.0 Å². The van der Waals surface area contributed by atoms with Gasteiger partial charge in [0.1, 0.15) is 10.8 Å². The highest BCUT2D eigenvalue weighted by Crippen LogP contribution is 2.37. The third-order valence-corrected chi connectivity index (χ3v) is 5.59. The first-order valence-electron chi connectivity index (χ1n) is 8.44. The van der Waals surface area contributed by atoms with Gasteiger partial charge >= 0.3 is 0 Å². The monoisotopic (exact) mass is 403 g/mol. The third kappa shape index (κ3) is 4.78. The fraction of sp³-hybridized carbons (Fsp3) is 0.211. The van der Waals surface area contributed by atoms with E-state index in [2.05, 4.69) is 10.6 Å². The predicted molar refractivity (Wildman–Crippen MR) is 109 cm³/mol. The van der Waals surface area contributed by atoms with Crippen molar-refractivity contribution in [1.29, 1.82) is 0 Å². The van der Waals surface area contributed by atoms with Crippen molar-refractivity contribution in [2.75, 3.05) is 5.32 Å². The van der Waals surface area contributed by atoms with E-state index in [-0.39, 0.29) is 10.9 Å². The molecule has 5 nitrogen and oxygen atoms in total. The van der Waals surface area contributed by atoms with E-state index in [1.54, 1.807) is 18.2 Å². The van der Waals surface area contributed by atoms with E-state index < -0.39 is 11.8 Å². The number of carbonyl (C=O) groups is 2. The zero-order valence-electron chi connectivity index (χ0n) is 14.4. The topological polar surface area (TPSA) is 84.2 Å². The van der Waals surface area contributed by atoms with E-state index in [9.17, 15) is 14.0 Å². The Hall–Kier alpha value is -2.58. The molecule has 0 saturated carbocycles. The Morgan fingerprint density at radius 2 is 1.89 bits per heavy atom. The lowest BCUT2D eigenvalue weighted by Crippen LogP contribution is -2.33. The Morgan fingerprint density at radius 1 is 1.19 bits per heavy atom. The van der Waals surface area contributed by atoms with E-state index in [0.717, 1.165) is 36.1 Å². The summed E-state index contributed by atoms with van der Waals surface area (Å²) >= 11 is 6.63. The van der Waals surface area contributed by atoms with Crippen molar-refractivity contribution in [1.82, 2.24) is 5.32 Å². The maximum atomic E-state index is 12.9. The average Bonchev–Trinajstić information content (AvgIpc) is 2.99. The molecule has 3 rings (SSSR count). The minimum absolute atomic E-state index is 0.0878. The first-order valence-corrected chi connectivity index (χ1v) is 9.66. The first-order chi connectivity index (χ1) is 12.9. The SMILES string of the molecule is NC(=O)c1c(NC(=S)NC(=O)C=Cc2ccc(F)cc2)sc2c1CCCC2. The number of hydrogen-bond acceptors (Lipinski definition) is 4. The van der Waals surface area contributed by atoms with Crippen molar-refractivity contribution in [3.8, 4) is 0 Å². The molecule has 8 heteroatoms. The second kappa shape index (κ2) is 8.41. The third-order valence-electron chi connectivity index (χ3n) is 4.18. The van der Waals surface area contributed by atoms with Gasteiger partial charge < -0.3 is 11.1 Å². The number of fused-ring (bicyclic) bond motifs is 1. The Labute approximate surface area is 165 Å². The lowest BCUT2D eigenvalue weighted by molar-refractivity contribution is -0.115. The van der Waals surface area contributed by atoms with Gasteiger partial charge in [-0.15, -0.1) is 11.3 Å². The number of anilines is 1. The van der Waals surface area contributed by atoms with Gasteiger partial charge in [-0.1, -0.05) is 12.1 Å². The van der Waals surface area contributed by atoms with Gasteiger partial charge in [0.15, 0.2) is 5.11 Å². The second-order valence-corrected chi connectivity index (χ2v) is 7.62. The predicted octanol–water partition coefficient (Wildman–Crippen LogP) is 3.39. The lowest BCUT2D eigenvalue weighted by atomic mass is 9.95. The number of thiophene rings is 1. The van der Waals surface area contributed by atoms with Gasteiger partial charge in [-0.3, -0.25) is 14.9 Å². The smallest absolute Gasteiger partial charge is 0.251 e. The van der Waals surface area contributed by atoms with Crippen LogP contribution in [0, 0.1) is 5.82 Å². The summed E-state index contributed by atoms with van der Waals surface area (Å²) in [5.74, 6) is -1.27. The number of rotatable bonds is 4. The number of halogens is 1. The molecule has 1 aromatic carbocycles. The molecule has 0 radical (unpaired) electrons. The Morgan fingerprint density at radius 3 is 2.59 bits per heavy atom. The number of benzene rings is 1. The first kappa shape index (κ1) is 19.2. The summed E-state index contributed by atoms with van der Waals surface area (Å²) in [7, 11) is 0. The van der Waals surface area contributed by atoms with Gasteiger partial charge in [0.25, 0.3) is 5.91 Å². The molecular weight excluding hydrogens is 385 g/mol. The second-order valence-electron chi connectivity index (χ2n) is 6.11. The molecule has 0 fully saturated rings. The molecule has 0 aliphatic heterocycles. The largest absolute Gasteiger partial charge is 0.365 e. The van der Waals surface area contributed by atoms with E-state index in [1.165, 1.54) is 29.5 Å². The quantitative estimate of drug-likeness (QED) is 0.540. The van der Waals surface area contributed by atoms with Crippen LogP contribution in [0.15, 0.2) is 30.3 Å². The van der Waals surface area contributed by atoms with Gasteiger partial charge in [-0.25, -0.2) is 4.39 Å². The van der Waals surface area contributed by atoms with Gasteiger partial charge in [-0.05, 0) is 67.2 Å². The molecule has 0 saturated heterocycles. The summed E-state index contributed by atoms with van der Waals surface area (Å²) in [5, 5.41) is 6.11. The summed E-state index contributed by atoms with van der Waals surface area (Å²) in [6, 6.07) is 5.75. The molecule has 0 atom stereocenters. The molecule has 1 aromatic heterocycles. The molecular formula is C19H18FN3O2S2. The van der Waals surface area contributed by atoms with Crippen molar-refractivity contribution in [2.24, 2.45) is 5.73 Å². The van der Waals surface area contributed by atoms with Gasteiger partial charge in [0, 0.05) is 11.0 Å². The Bertz CT molecular complexity index is 920. The van der Waals surface area contributed by atoms with E-state index in [4.69, 9.17) is 18.0 Å². The minimum Gasteiger partial charge on any atom is -0.365 e. The van der Waals surface area contributed by atoms with Crippen LogP contribution in [-0.2, 0) is 17.6 Å². The Kier molecular flexibility index (Phi) is 5.98. The molecule has 0 spiro atoms. The number of carbonyl (C=O) groups excluding carboxylic acids is 2. The number of hydrogen-bond donors (Lipinski definition) is 3. The fourth-order valence-electron chi connectivity index (χ4n) is 2.95. The van der Waals surface area contributed by atoms with Gasteiger partial charge in [0.2, 0.25) is 5.91 Å². The van der Waals surface area contributed by atoms with Crippen LogP contribution in [0.1, 0.15) is 39.2 Å². The highest BCUT2D eigenvalue weighted by molar-refractivity contribution is 7.80. The normalized spacial score (nSPS) is 13.2. The minimum atomic E-state index is -0.498. The summed E-state index contributed by atoms with van der Waals surface area (Å²) < 4.78 is 12.9. The van der Waals surface area contributed by atoms with Gasteiger partial charge in [0.05, 0.1) is 5.56 Å². The Balaban J connectivity index is 1.65. The molecule has 2 aromatic rings. The number of amides is 2. The van der Waals surface area contributed by atoms with Crippen LogP contribution in [0.5, 0.6) is 0 Å². The van der Waals surface area contributed by atoms with Crippen LogP contribution >= 0.6 is 23.6 Å². The van der Waals surface area contributed by atoms with Crippen LogP contribution < -0.4 is 16.4 Å². The van der Waals surface area contributed by atoms with Crippen LogP contribution in [0.2, 0.25) is 0 Å². The zero-order chi connectivity index (χ0) is 19.4. The van der Waals surface area contributed by atoms with Crippen LogP contribution in [0.25, 0.3) is 6.08 Å². The molecule has 0 unspecified atom stereocenters. The molecule has 0 bridgehead atoms. The van der Waals surface area contributed by atoms with Gasteiger partial charge in [-0.2, -0.15) is 0 Å². The molecule has 2 amide bonds. The van der Waals surface area contributed by atoms with Crippen LogP contribution in [0.3, 0.4) is 0 Å². The highest BCUT2D eigenvalue weighted by Gasteiger charge is 2.24. The number of thiocarbonyl (C=S) groups is 1. The maximum absolute atomic E-state index is 12.9. The van der Waals surface area contributed by atoms with E-state index in [1.807, 2.05) is 0 Å². The number of primary amides is 1. The zero-order valence-corrected chi connectivity index (χ0v) is 16.0. The molecule has 1 heterocycles. The van der Waals surface area contributed by atoms with Crippen LogP contribution in [0.4, 0.5) is 9.39 Å². The van der Waals surface area contributed by atoms with E-state index in [0.29, 0.717) is 16.1 Å². The summed E-state index contributed by atoms with van der Waals surface area (Å²) in [5.41, 5.74) is 7.69. The van der Waals surface area contributed by atoms with E-state index >= 15 is 0 Å². The standard InChI is InChI=1S/C19H18FN3O2S2/c20-12-8-5-11(6-9-12)7-10-15(24)22-19(26)23-18-16(17(21)25)13-3-1-2-4-14(13)27-18/h5-10H,1-4H2,(H2,21,25)(H2,22,23,24,26). The molecule has 27 heavy (non-hydrogen) atoms. The van der Waals surface area contributed by atoms with Crippen molar-refractivity contribution >= 4 is 51.6 Å². The van der Waals surface area contributed by atoms with Crippen molar-refractivity contribution in [3.63, 3.8) is 0 Å². The maximum Gasteiger partial charge on any atom is 0.251 e. The highest BCUT2D eigenvalue weighted by atomic mass is 32.1. The molecule has 1 aliphatic rings. The fourth-order valence-corrected chi connectivity index (χ4v) is 4.51. The van der Waals surface area contributed by atoms with Crippen molar-refractivity contribution in [2.45, 2.75) is 25.7 Å². The summed E-state index contributed by atoms with van der Waals surface area (Å²) in [6.07, 6.45) is 6.71. The van der Waals surface area contributed by atoms with Crippen molar-refractivity contribution in [3.05, 3.63) is 57.7 Å². The molecule has 1 aliphatic carbocycles. The average molecular weight is 404 g/mol.